The fourth-order valence-electron chi connectivity index (χ4n) is 3.36. The summed E-state index contributed by atoms with van der Waals surface area (Å²) < 4.78 is 2.17. The molecule has 0 saturated heterocycles. The first-order chi connectivity index (χ1) is 12.0. The molecule has 25 heavy (non-hydrogen) atoms. The first-order valence-corrected chi connectivity index (χ1v) is 9.38. The van der Waals surface area contributed by atoms with E-state index in [0.29, 0.717) is 18.4 Å². The fraction of sp³-hybridized carbons (Fsp3) is 0.524. The maximum absolute atomic E-state index is 12.8. The van der Waals surface area contributed by atoms with Crippen molar-refractivity contribution in [3.05, 3.63) is 53.6 Å². The Morgan fingerprint density at radius 2 is 2.08 bits per heavy atom. The van der Waals surface area contributed by atoms with Gasteiger partial charge < -0.3 is 9.47 Å². The molecule has 4 heteroatoms. The topological polar surface area (TPSA) is 38.1 Å². The Hall–Kier alpha value is -2.10. The highest BCUT2D eigenvalue weighted by Crippen LogP contribution is 2.29. The minimum absolute atomic E-state index is 0.235. The lowest BCUT2D eigenvalue weighted by Crippen LogP contribution is -2.41. The van der Waals surface area contributed by atoms with E-state index in [0.717, 1.165) is 31.8 Å². The molecule has 2 aromatic rings. The van der Waals surface area contributed by atoms with Crippen molar-refractivity contribution in [3.63, 3.8) is 0 Å². The standard InChI is InChI=1S/C21H29N3O/c1-16(2)13-24(21(25)18-9-6-10-18)15-20-22-11-12-23(20)14-19-8-5-4-7-17(19)3/h4-5,7-8,11-12,16,18H,6,9-10,13-15H2,1-3H3. The van der Waals surface area contributed by atoms with Crippen LogP contribution in [-0.2, 0) is 17.9 Å². The second-order valence-corrected chi connectivity index (χ2v) is 7.64. The third-order valence-corrected chi connectivity index (χ3v) is 5.09. The van der Waals surface area contributed by atoms with Crippen LogP contribution in [0.3, 0.4) is 0 Å². The van der Waals surface area contributed by atoms with E-state index in [2.05, 4.69) is 54.6 Å². The molecule has 1 aromatic heterocycles. The average Bonchev–Trinajstić information content (AvgIpc) is 2.94. The summed E-state index contributed by atoms with van der Waals surface area (Å²) in [5, 5.41) is 0. The molecule has 0 N–H and O–H groups in total. The number of hydrogen-bond acceptors (Lipinski definition) is 2. The van der Waals surface area contributed by atoms with Crippen LogP contribution in [0.5, 0.6) is 0 Å². The zero-order valence-electron chi connectivity index (χ0n) is 15.6. The van der Waals surface area contributed by atoms with Crippen molar-refractivity contribution in [2.45, 2.75) is 53.1 Å². The number of benzene rings is 1. The monoisotopic (exact) mass is 339 g/mol. The normalized spacial score (nSPS) is 14.6. The summed E-state index contributed by atoms with van der Waals surface area (Å²) in [6, 6.07) is 8.43. The third-order valence-electron chi connectivity index (χ3n) is 5.09. The lowest BCUT2D eigenvalue weighted by atomic mass is 9.84. The van der Waals surface area contributed by atoms with Gasteiger partial charge in [0, 0.05) is 31.4 Å². The molecule has 1 amide bonds. The van der Waals surface area contributed by atoms with E-state index in [4.69, 9.17) is 0 Å². The maximum atomic E-state index is 12.8. The van der Waals surface area contributed by atoms with Crippen LogP contribution in [0, 0.1) is 18.8 Å². The van der Waals surface area contributed by atoms with E-state index in [9.17, 15) is 4.79 Å². The molecule has 0 unspecified atom stereocenters. The lowest BCUT2D eigenvalue weighted by Gasteiger charge is -2.32. The van der Waals surface area contributed by atoms with Gasteiger partial charge in [0.15, 0.2) is 0 Å². The molecule has 1 heterocycles. The van der Waals surface area contributed by atoms with Gasteiger partial charge in [0.1, 0.15) is 5.82 Å². The molecule has 0 radical (unpaired) electrons. The summed E-state index contributed by atoms with van der Waals surface area (Å²) in [5.41, 5.74) is 2.58. The fourth-order valence-corrected chi connectivity index (χ4v) is 3.36. The van der Waals surface area contributed by atoms with Crippen LogP contribution in [0.15, 0.2) is 36.7 Å². The Labute approximate surface area is 150 Å². The molecule has 1 aromatic carbocycles. The van der Waals surface area contributed by atoms with Crippen LogP contribution in [0.4, 0.5) is 0 Å². The van der Waals surface area contributed by atoms with E-state index in [1.165, 1.54) is 17.5 Å². The number of imidazole rings is 1. The van der Waals surface area contributed by atoms with Gasteiger partial charge in [0.25, 0.3) is 0 Å². The maximum Gasteiger partial charge on any atom is 0.226 e. The minimum Gasteiger partial charge on any atom is -0.335 e. The second-order valence-electron chi connectivity index (χ2n) is 7.64. The van der Waals surface area contributed by atoms with Gasteiger partial charge in [-0.1, -0.05) is 44.5 Å². The summed E-state index contributed by atoms with van der Waals surface area (Å²) in [4.78, 5) is 19.4. The van der Waals surface area contributed by atoms with E-state index in [1.807, 2.05) is 17.3 Å². The van der Waals surface area contributed by atoms with Gasteiger partial charge in [-0.3, -0.25) is 4.79 Å². The van der Waals surface area contributed by atoms with Crippen molar-refractivity contribution in [1.82, 2.24) is 14.5 Å². The number of carbonyl (C=O) groups is 1. The van der Waals surface area contributed by atoms with Crippen LogP contribution < -0.4 is 0 Å². The molecule has 0 spiro atoms. The summed E-state index contributed by atoms with van der Waals surface area (Å²) in [6.45, 7) is 8.67. The largest absolute Gasteiger partial charge is 0.335 e. The average molecular weight is 339 g/mol. The SMILES string of the molecule is Cc1ccccc1Cn1ccnc1CN(CC(C)C)C(=O)C1CCC1. The zero-order chi connectivity index (χ0) is 17.8. The Kier molecular flexibility index (Phi) is 5.57. The summed E-state index contributed by atoms with van der Waals surface area (Å²) >= 11 is 0. The molecule has 0 atom stereocenters. The van der Waals surface area contributed by atoms with Gasteiger partial charge in [-0.25, -0.2) is 4.98 Å². The van der Waals surface area contributed by atoms with E-state index >= 15 is 0 Å². The minimum atomic E-state index is 0.235. The number of hydrogen-bond donors (Lipinski definition) is 0. The van der Waals surface area contributed by atoms with Crippen molar-refractivity contribution >= 4 is 5.91 Å². The quantitative estimate of drug-likeness (QED) is 0.764. The van der Waals surface area contributed by atoms with Gasteiger partial charge in [-0.2, -0.15) is 0 Å². The predicted molar refractivity (Wildman–Crippen MR) is 100 cm³/mol. The molecule has 1 aliphatic carbocycles. The van der Waals surface area contributed by atoms with Crippen LogP contribution in [0.2, 0.25) is 0 Å². The number of aryl methyl sites for hydroxylation is 1. The smallest absolute Gasteiger partial charge is 0.226 e. The third kappa shape index (κ3) is 4.30. The molecule has 0 aliphatic heterocycles. The highest BCUT2D eigenvalue weighted by molar-refractivity contribution is 5.79. The number of amides is 1. The molecular formula is C21H29N3O. The molecule has 1 aliphatic rings. The summed E-state index contributed by atoms with van der Waals surface area (Å²) in [6.07, 6.45) is 7.14. The molecule has 134 valence electrons. The molecular weight excluding hydrogens is 310 g/mol. The number of nitrogens with zero attached hydrogens (tertiary/aromatic N) is 3. The van der Waals surface area contributed by atoms with Crippen molar-refractivity contribution in [1.29, 1.82) is 0 Å². The number of rotatable bonds is 7. The van der Waals surface area contributed by atoms with Crippen LogP contribution >= 0.6 is 0 Å². The van der Waals surface area contributed by atoms with Crippen LogP contribution in [0.1, 0.15) is 50.1 Å². The molecule has 1 saturated carbocycles. The highest BCUT2D eigenvalue weighted by atomic mass is 16.2. The van der Waals surface area contributed by atoms with Gasteiger partial charge in [-0.15, -0.1) is 0 Å². The second kappa shape index (κ2) is 7.85. The molecule has 1 fully saturated rings. The molecule has 4 nitrogen and oxygen atoms in total. The Bertz CT molecular complexity index is 715. The Morgan fingerprint density at radius 3 is 2.72 bits per heavy atom. The van der Waals surface area contributed by atoms with E-state index in [1.54, 1.807) is 0 Å². The predicted octanol–water partition coefficient (Wildman–Crippen LogP) is 4.02. The first-order valence-electron chi connectivity index (χ1n) is 9.38. The van der Waals surface area contributed by atoms with Gasteiger partial charge in [-0.05, 0) is 36.8 Å². The number of aromatic nitrogens is 2. The van der Waals surface area contributed by atoms with Gasteiger partial charge in [0.2, 0.25) is 5.91 Å². The summed E-state index contributed by atoms with van der Waals surface area (Å²) in [7, 11) is 0. The van der Waals surface area contributed by atoms with Crippen molar-refractivity contribution in [2.24, 2.45) is 11.8 Å². The van der Waals surface area contributed by atoms with Crippen molar-refractivity contribution in [2.75, 3.05) is 6.54 Å². The zero-order valence-corrected chi connectivity index (χ0v) is 15.6. The van der Waals surface area contributed by atoms with Crippen molar-refractivity contribution < 1.29 is 4.79 Å². The molecule has 0 bridgehead atoms. The van der Waals surface area contributed by atoms with Crippen LogP contribution in [0.25, 0.3) is 0 Å². The first kappa shape index (κ1) is 17.7. The van der Waals surface area contributed by atoms with Crippen molar-refractivity contribution in [3.8, 4) is 0 Å². The van der Waals surface area contributed by atoms with E-state index < -0.39 is 0 Å². The summed E-state index contributed by atoms with van der Waals surface area (Å²) in [5.74, 6) is 1.98. The Morgan fingerprint density at radius 1 is 1.32 bits per heavy atom. The Balaban J connectivity index is 1.75. The lowest BCUT2D eigenvalue weighted by molar-refractivity contribution is -0.139. The molecule has 3 rings (SSSR count). The van der Waals surface area contributed by atoms with E-state index in [-0.39, 0.29) is 5.92 Å². The number of carbonyl (C=O) groups excluding carboxylic acids is 1. The van der Waals surface area contributed by atoms with Gasteiger partial charge >= 0.3 is 0 Å². The van der Waals surface area contributed by atoms with Gasteiger partial charge in [0.05, 0.1) is 6.54 Å². The van der Waals surface area contributed by atoms with Crippen LogP contribution in [-0.4, -0.2) is 26.9 Å². The highest BCUT2D eigenvalue weighted by Gasteiger charge is 2.30.